The van der Waals surface area contributed by atoms with Gasteiger partial charge in [-0.1, -0.05) is 25.5 Å². The van der Waals surface area contributed by atoms with Crippen LogP contribution in [0.2, 0.25) is 0 Å². The molecule has 1 aromatic carbocycles. The van der Waals surface area contributed by atoms with E-state index < -0.39 is 11.9 Å². The molecular weight excluding hydrogens is 378 g/mol. The van der Waals surface area contributed by atoms with E-state index in [0.717, 1.165) is 29.9 Å². The number of rotatable bonds is 8. The molecule has 28 heavy (non-hydrogen) atoms. The number of carboxylic acid groups (broad SMARTS) is 1. The molecule has 0 saturated carbocycles. The van der Waals surface area contributed by atoms with Gasteiger partial charge in [0.15, 0.2) is 0 Å². The van der Waals surface area contributed by atoms with Crippen LogP contribution < -0.4 is 10.7 Å². The number of hydrogen-bond acceptors (Lipinski definition) is 5. The first-order valence-corrected chi connectivity index (χ1v) is 9.51. The third-order valence-electron chi connectivity index (χ3n) is 3.66. The van der Waals surface area contributed by atoms with E-state index in [9.17, 15) is 14.4 Å². The van der Waals surface area contributed by atoms with Crippen molar-refractivity contribution in [2.45, 2.75) is 26.7 Å². The average molecular weight is 399 g/mol. The highest BCUT2D eigenvalue weighted by molar-refractivity contribution is 7.10. The molecule has 146 valence electrons. The smallest absolute Gasteiger partial charge is 0.328 e. The van der Waals surface area contributed by atoms with Gasteiger partial charge in [0.25, 0.3) is 5.91 Å². The van der Waals surface area contributed by atoms with E-state index in [4.69, 9.17) is 5.11 Å². The van der Waals surface area contributed by atoms with Gasteiger partial charge in [-0.05, 0) is 37.1 Å². The first kappa shape index (κ1) is 21.0. The molecule has 2 aromatic rings. The van der Waals surface area contributed by atoms with Gasteiger partial charge in [-0.25, -0.2) is 10.2 Å². The van der Waals surface area contributed by atoms with E-state index in [1.165, 1.54) is 0 Å². The third kappa shape index (κ3) is 6.48. The van der Waals surface area contributed by atoms with Crippen molar-refractivity contribution in [3.05, 3.63) is 63.9 Å². The molecule has 3 N–H and O–H groups in total. The maximum Gasteiger partial charge on any atom is 0.328 e. The minimum Gasteiger partial charge on any atom is -0.478 e. The summed E-state index contributed by atoms with van der Waals surface area (Å²) in [6.45, 7) is 3.83. The van der Waals surface area contributed by atoms with Gasteiger partial charge in [0.2, 0.25) is 5.91 Å². The predicted octanol–water partition coefficient (Wildman–Crippen LogP) is 3.43. The van der Waals surface area contributed by atoms with Crippen LogP contribution in [0.3, 0.4) is 0 Å². The van der Waals surface area contributed by atoms with E-state index in [0.29, 0.717) is 22.5 Å². The predicted molar refractivity (Wildman–Crippen MR) is 110 cm³/mol. The SMILES string of the molecule is CCCc1cc(C(=O)N/N=C(\C)c2cccc(NC(=O)/C=C/C(=O)O)c2)cs1. The molecular formula is C20H21N3O4S. The van der Waals surface area contributed by atoms with Crippen molar-refractivity contribution in [3.8, 4) is 0 Å². The Kier molecular flexibility index (Phi) is 7.65. The maximum atomic E-state index is 12.2. The number of carboxylic acids is 1. The van der Waals surface area contributed by atoms with Crippen molar-refractivity contribution in [1.29, 1.82) is 0 Å². The van der Waals surface area contributed by atoms with Crippen LogP contribution in [0, 0.1) is 0 Å². The van der Waals surface area contributed by atoms with Gasteiger partial charge in [0.05, 0.1) is 11.3 Å². The molecule has 0 aliphatic rings. The first-order chi connectivity index (χ1) is 13.4. The molecule has 0 unspecified atom stereocenters. The van der Waals surface area contributed by atoms with Crippen LogP contribution in [0.5, 0.6) is 0 Å². The summed E-state index contributed by atoms with van der Waals surface area (Å²) in [7, 11) is 0. The molecule has 0 fully saturated rings. The number of hydrogen-bond donors (Lipinski definition) is 3. The zero-order chi connectivity index (χ0) is 20.5. The molecule has 0 aliphatic heterocycles. The normalized spacial score (nSPS) is 11.4. The van der Waals surface area contributed by atoms with E-state index in [1.54, 1.807) is 42.5 Å². The molecule has 2 amide bonds. The van der Waals surface area contributed by atoms with Gasteiger partial charge < -0.3 is 10.4 Å². The number of carbonyl (C=O) groups is 3. The topological polar surface area (TPSA) is 108 Å². The van der Waals surface area contributed by atoms with Crippen molar-refractivity contribution in [2.75, 3.05) is 5.32 Å². The van der Waals surface area contributed by atoms with Crippen LogP contribution in [-0.2, 0) is 16.0 Å². The summed E-state index contributed by atoms with van der Waals surface area (Å²) in [4.78, 5) is 35.5. The number of nitrogens with zero attached hydrogens (tertiary/aromatic N) is 1. The third-order valence-corrected chi connectivity index (χ3v) is 4.66. The summed E-state index contributed by atoms with van der Waals surface area (Å²) in [6, 6.07) is 8.74. The van der Waals surface area contributed by atoms with E-state index in [2.05, 4.69) is 22.8 Å². The zero-order valence-electron chi connectivity index (χ0n) is 15.6. The van der Waals surface area contributed by atoms with Crippen LogP contribution >= 0.6 is 11.3 Å². The molecule has 0 spiro atoms. The number of amides is 2. The summed E-state index contributed by atoms with van der Waals surface area (Å²) >= 11 is 1.55. The van der Waals surface area contributed by atoms with Crippen LogP contribution in [-0.4, -0.2) is 28.6 Å². The Balaban J connectivity index is 2.02. The van der Waals surface area contributed by atoms with Crippen LogP contribution in [0.15, 0.2) is 53.0 Å². The standard InChI is InChI=1S/C20H21N3O4S/c1-3-5-17-11-15(12-28-17)20(27)23-22-13(2)14-6-4-7-16(10-14)21-18(24)8-9-19(25)26/h4,6-12H,3,5H2,1-2H3,(H,21,24)(H,23,27)(H,25,26)/b9-8+,22-13+. The number of carbonyl (C=O) groups excluding carboxylic acids is 2. The second-order valence-corrected chi connectivity index (χ2v) is 6.93. The Morgan fingerprint density at radius 2 is 1.96 bits per heavy atom. The van der Waals surface area contributed by atoms with Crippen molar-refractivity contribution in [2.24, 2.45) is 5.10 Å². The fraction of sp³-hybridized carbons (Fsp3) is 0.200. The van der Waals surface area contributed by atoms with Gasteiger partial charge in [0.1, 0.15) is 0 Å². The lowest BCUT2D eigenvalue weighted by Crippen LogP contribution is -2.18. The van der Waals surface area contributed by atoms with Crippen LogP contribution in [0.1, 0.15) is 41.1 Å². The number of benzene rings is 1. The second-order valence-electron chi connectivity index (χ2n) is 5.93. The lowest BCUT2D eigenvalue weighted by Gasteiger charge is -2.06. The number of anilines is 1. The average Bonchev–Trinajstić information content (AvgIpc) is 3.13. The minimum atomic E-state index is -1.20. The molecule has 1 heterocycles. The quantitative estimate of drug-likeness (QED) is 0.359. The monoisotopic (exact) mass is 399 g/mol. The van der Waals surface area contributed by atoms with E-state index in [1.807, 2.05) is 11.4 Å². The zero-order valence-corrected chi connectivity index (χ0v) is 16.4. The molecule has 0 bridgehead atoms. The van der Waals surface area contributed by atoms with E-state index >= 15 is 0 Å². The van der Waals surface area contributed by atoms with Crippen molar-refractivity contribution < 1.29 is 19.5 Å². The number of hydrazone groups is 1. The van der Waals surface area contributed by atoms with Crippen molar-refractivity contribution in [3.63, 3.8) is 0 Å². The maximum absolute atomic E-state index is 12.2. The van der Waals surface area contributed by atoms with Gasteiger partial charge in [0, 0.05) is 28.1 Å². The highest BCUT2D eigenvalue weighted by Crippen LogP contribution is 2.16. The second kappa shape index (κ2) is 10.2. The number of aliphatic carboxylic acids is 1. The molecule has 0 radical (unpaired) electrons. The highest BCUT2D eigenvalue weighted by Gasteiger charge is 2.08. The summed E-state index contributed by atoms with van der Waals surface area (Å²) in [6.07, 6.45) is 3.67. The summed E-state index contributed by atoms with van der Waals surface area (Å²) in [5, 5.41) is 17.0. The van der Waals surface area contributed by atoms with Gasteiger partial charge in [-0.2, -0.15) is 5.10 Å². The van der Waals surface area contributed by atoms with Gasteiger partial charge in [-0.3, -0.25) is 9.59 Å². The molecule has 1 aromatic heterocycles. The van der Waals surface area contributed by atoms with Gasteiger partial charge >= 0.3 is 5.97 Å². The summed E-state index contributed by atoms with van der Waals surface area (Å²) in [5.74, 6) is -2.03. The van der Waals surface area contributed by atoms with Crippen LogP contribution in [0.25, 0.3) is 0 Å². The Hall–Kier alpha value is -3.26. The fourth-order valence-corrected chi connectivity index (χ4v) is 3.26. The largest absolute Gasteiger partial charge is 0.478 e. The van der Waals surface area contributed by atoms with Gasteiger partial charge in [-0.15, -0.1) is 11.3 Å². The molecule has 2 rings (SSSR count). The van der Waals surface area contributed by atoms with Crippen molar-refractivity contribution in [1.82, 2.24) is 5.43 Å². The minimum absolute atomic E-state index is 0.277. The summed E-state index contributed by atoms with van der Waals surface area (Å²) in [5.41, 5.74) is 4.87. The molecule has 0 saturated heterocycles. The first-order valence-electron chi connectivity index (χ1n) is 8.63. The molecule has 0 atom stereocenters. The van der Waals surface area contributed by atoms with Crippen molar-refractivity contribution >= 4 is 40.5 Å². The lowest BCUT2D eigenvalue weighted by molar-refractivity contribution is -0.131. The number of nitrogens with one attached hydrogen (secondary N) is 2. The summed E-state index contributed by atoms with van der Waals surface area (Å²) < 4.78 is 0. The highest BCUT2D eigenvalue weighted by atomic mass is 32.1. The van der Waals surface area contributed by atoms with Crippen LogP contribution in [0.4, 0.5) is 5.69 Å². The fourth-order valence-electron chi connectivity index (χ4n) is 2.29. The molecule has 8 heteroatoms. The molecule has 7 nitrogen and oxygen atoms in total. The Bertz CT molecular complexity index is 931. The Labute approximate surface area is 166 Å². The number of aryl methyl sites for hydroxylation is 1. The lowest BCUT2D eigenvalue weighted by atomic mass is 10.1. The number of thiophene rings is 1. The molecule has 0 aliphatic carbocycles. The Morgan fingerprint density at radius 1 is 1.18 bits per heavy atom. The van der Waals surface area contributed by atoms with E-state index in [-0.39, 0.29) is 5.91 Å². The Morgan fingerprint density at radius 3 is 2.68 bits per heavy atom.